The lowest BCUT2D eigenvalue weighted by atomic mass is 9.93. The van der Waals surface area contributed by atoms with Gasteiger partial charge in [0.25, 0.3) is 0 Å². The van der Waals surface area contributed by atoms with E-state index in [2.05, 4.69) is 54.4 Å². The molecule has 20 heavy (non-hydrogen) atoms. The molecule has 0 amide bonds. The molecule has 1 heterocycles. The van der Waals surface area contributed by atoms with Gasteiger partial charge in [-0.3, -0.25) is 4.90 Å². The Balaban J connectivity index is 2.07. The summed E-state index contributed by atoms with van der Waals surface area (Å²) in [7, 11) is 1.78. The topological polar surface area (TPSA) is 24.5 Å². The number of benzene rings is 1. The van der Waals surface area contributed by atoms with Gasteiger partial charge in [0.05, 0.1) is 6.61 Å². The molecule has 1 aromatic carbocycles. The normalized spacial score (nSPS) is 25.6. The Morgan fingerprint density at radius 1 is 1.35 bits per heavy atom. The molecule has 1 saturated heterocycles. The van der Waals surface area contributed by atoms with E-state index in [-0.39, 0.29) is 0 Å². The maximum Gasteiger partial charge on any atom is 0.0589 e. The monoisotopic (exact) mass is 276 g/mol. The van der Waals surface area contributed by atoms with Gasteiger partial charge in [-0.2, -0.15) is 0 Å². The molecule has 0 aromatic heterocycles. The van der Waals surface area contributed by atoms with E-state index in [1.807, 2.05) is 0 Å². The van der Waals surface area contributed by atoms with Crippen LogP contribution in [-0.4, -0.2) is 44.3 Å². The van der Waals surface area contributed by atoms with Crippen molar-refractivity contribution in [2.24, 2.45) is 5.92 Å². The lowest BCUT2D eigenvalue weighted by Gasteiger charge is -2.42. The molecule has 2 rings (SSSR count). The third-order valence-electron chi connectivity index (χ3n) is 4.54. The first-order chi connectivity index (χ1) is 9.76. The van der Waals surface area contributed by atoms with E-state index in [1.54, 1.807) is 7.11 Å². The second kappa shape index (κ2) is 7.77. The highest BCUT2D eigenvalue weighted by atomic mass is 16.5. The van der Waals surface area contributed by atoms with Gasteiger partial charge in [0.2, 0.25) is 0 Å². The summed E-state index contributed by atoms with van der Waals surface area (Å²) in [5, 5.41) is 3.74. The Kier molecular flexibility index (Phi) is 6.02. The molecule has 0 radical (unpaired) electrons. The summed E-state index contributed by atoms with van der Waals surface area (Å²) < 4.78 is 5.29. The van der Waals surface area contributed by atoms with Gasteiger partial charge in [-0.05, 0) is 11.5 Å². The molecule has 1 aliphatic rings. The zero-order valence-electron chi connectivity index (χ0n) is 13.0. The Bertz CT molecular complexity index is 382. The van der Waals surface area contributed by atoms with Crippen LogP contribution < -0.4 is 5.32 Å². The van der Waals surface area contributed by atoms with E-state index in [0.717, 1.165) is 32.2 Å². The smallest absolute Gasteiger partial charge is 0.0589 e. The lowest BCUT2D eigenvalue weighted by molar-refractivity contribution is 0.0742. The molecule has 3 atom stereocenters. The molecule has 0 spiro atoms. The highest BCUT2D eigenvalue weighted by Crippen LogP contribution is 2.25. The highest BCUT2D eigenvalue weighted by molar-refractivity contribution is 5.20. The van der Waals surface area contributed by atoms with E-state index < -0.39 is 0 Å². The molecule has 3 unspecified atom stereocenters. The summed E-state index contributed by atoms with van der Waals surface area (Å²) in [5.41, 5.74) is 1.40. The molecule has 3 heteroatoms. The Morgan fingerprint density at radius 3 is 2.75 bits per heavy atom. The summed E-state index contributed by atoms with van der Waals surface area (Å²) in [6.45, 7) is 8.56. The number of nitrogens with one attached hydrogen (secondary N) is 1. The van der Waals surface area contributed by atoms with Gasteiger partial charge in [-0.25, -0.2) is 0 Å². The van der Waals surface area contributed by atoms with Gasteiger partial charge in [0.15, 0.2) is 0 Å². The van der Waals surface area contributed by atoms with Crippen LogP contribution in [-0.2, 0) is 4.74 Å². The van der Waals surface area contributed by atoms with E-state index in [1.165, 1.54) is 12.0 Å². The van der Waals surface area contributed by atoms with Crippen molar-refractivity contribution in [3.8, 4) is 0 Å². The molecule has 0 bridgehead atoms. The number of piperazine rings is 1. The van der Waals surface area contributed by atoms with Crippen LogP contribution in [0.1, 0.15) is 31.9 Å². The molecule has 1 fully saturated rings. The molecule has 1 N–H and O–H groups in total. The average molecular weight is 276 g/mol. The van der Waals surface area contributed by atoms with Crippen LogP contribution in [0.4, 0.5) is 0 Å². The van der Waals surface area contributed by atoms with Crippen molar-refractivity contribution in [1.82, 2.24) is 10.2 Å². The molecule has 0 saturated carbocycles. The molecule has 3 nitrogen and oxygen atoms in total. The van der Waals surface area contributed by atoms with Crippen LogP contribution >= 0.6 is 0 Å². The van der Waals surface area contributed by atoms with Gasteiger partial charge >= 0.3 is 0 Å². The summed E-state index contributed by atoms with van der Waals surface area (Å²) in [6.07, 6.45) is 1.23. The van der Waals surface area contributed by atoms with Gasteiger partial charge in [-0.1, -0.05) is 50.6 Å². The van der Waals surface area contributed by atoms with Crippen LogP contribution in [0.3, 0.4) is 0 Å². The van der Waals surface area contributed by atoms with E-state index >= 15 is 0 Å². The maximum absolute atomic E-state index is 5.29. The van der Waals surface area contributed by atoms with Crippen LogP contribution in [0.25, 0.3) is 0 Å². The number of hydrogen-bond donors (Lipinski definition) is 1. The predicted molar refractivity (Wildman–Crippen MR) is 83.9 cm³/mol. The van der Waals surface area contributed by atoms with Crippen molar-refractivity contribution in [2.45, 2.75) is 32.4 Å². The SMILES string of the molecule is CCC(C)C1CN(CCOC)C(c2ccccc2)CN1. The number of methoxy groups -OCH3 is 1. The van der Waals surface area contributed by atoms with Crippen molar-refractivity contribution < 1.29 is 4.74 Å². The first-order valence-corrected chi connectivity index (χ1v) is 7.77. The number of hydrogen-bond acceptors (Lipinski definition) is 3. The van der Waals surface area contributed by atoms with Crippen molar-refractivity contribution in [3.05, 3.63) is 35.9 Å². The summed E-state index contributed by atoms with van der Waals surface area (Å²) in [5.74, 6) is 0.719. The fraction of sp³-hybridized carbons (Fsp3) is 0.647. The molecule has 112 valence electrons. The van der Waals surface area contributed by atoms with Gasteiger partial charge < -0.3 is 10.1 Å². The lowest BCUT2D eigenvalue weighted by Crippen LogP contribution is -2.55. The van der Waals surface area contributed by atoms with Crippen molar-refractivity contribution in [3.63, 3.8) is 0 Å². The first kappa shape index (κ1) is 15.5. The minimum atomic E-state index is 0.464. The summed E-state index contributed by atoms with van der Waals surface area (Å²) in [4.78, 5) is 2.58. The minimum absolute atomic E-state index is 0.464. The third-order valence-corrected chi connectivity index (χ3v) is 4.54. The van der Waals surface area contributed by atoms with E-state index in [4.69, 9.17) is 4.74 Å². The zero-order valence-corrected chi connectivity index (χ0v) is 13.0. The fourth-order valence-electron chi connectivity index (χ4n) is 2.96. The van der Waals surface area contributed by atoms with Crippen LogP contribution in [0, 0.1) is 5.92 Å². The molecule has 1 aliphatic heterocycles. The molecule has 0 aliphatic carbocycles. The highest BCUT2D eigenvalue weighted by Gasteiger charge is 2.30. The largest absolute Gasteiger partial charge is 0.383 e. The Labute approximate surface area is 123 Å². The standard InChI is InChI=1S/C17H28N2O/c1-4-14(2)16-13-19(10-11-20-3)17(12-18-16)15-8-6-5-7-9-15/h5-9,14,16-18H,4,10-13H2,1-3H3. The Morgan fingerprint density at radius 2 is 2.10 bits per heavy atom. The quantitative estimate of drug-likeness (QED) is 0.864. The van der Waals surface area contributed by atoms with Crippen LogP contribution in [0.2, 0.25) is 0 Å². The molecular formula is C17H28N2O. The number of nitrogens with zero attached hydrogens (tertiary/aromatic N) is 1. The van der Waals surface area contributed by atoms with E-state index in [9.17, 15) is 0 Å². The number of rotatable bonds is 6. The van der Waals surface area contributed by atoms with Gasteiger partial charge in [-0.15, -0.1) is 0 Å². The average Bonchev–Trinajstić information content (AvgIpc) is 2.52. The molecule has 1 aromatic rings. The van der Waals surface area contributed by atoms with Crippen molar-refractivity contribution in [1.29, 1.82) is 0 Å². The van der Waals surface area contributed by atoms with Crippen molar-refractivity contribution >= 4 is 0 Å². The third kappa shape index (κ3) is 3.81. The second-order valence-electron chi connectivity index (χ2n) is 5.81. The maximum atomic E-state index is 5.29. The van der Waals surface area contributed by atoms with Gasteiger partial charge in [0, 0.05) is 38.8 Å². The predicted octanol–water partition coefficient (Wildman–Crippen LogP) is 2.69. The Hall–Kier alpha value is -0.900. The van der Waals surface area contributed by atoms with Crippen molar-refractivity contribution in [2.75, 3.05) is 33.4 Å². The van der Waals surface area contributed by atoms with Crippen LogP contribution in [0.15, 0.2) is 30.3 Å². The first-order valence-electron chi connectivity index (χ1n) is 7.77. The summed E-state index contributed by atoms with van der Waals surface area (Å²) in [6, 6.07) is 11.9. The number of ether oxygens (including phenoxy) is 1. The summed E-state index contributed by atoms with van der Waals surface area (Å²) >= 11 is 0. The minimum Gasteiger partial charge on any atom is -0.383 e. The fourth-order valence-corrected chi connectivity index (χ4v) is 2.96. The van der Waals surface area contributed by atoms with Crippen LogP contribution in [0.5, 0.6) is 0 Å². The zero-order chi connectivity index (χ0) is 14.4. The van der Waals surface area contributed by atoms with Gasteiger partial charge in [0.1, 0.15) is 0 Å². The van der Waals surface area contributed by atoms with E-state index in [0.29, 0.717) is 12.1 Å². The molecular weight excluding hydrogens is 248 g/mol. The second-order valence-corrected chi connectivity index (χ2v) is 5.81.